The predicted molar refractivity (Wildman–Crippen MR) is 81.6 cm³/mol. The molecule has 0 spiro atoms. The van der Waals surface area contributed by atoms with Crippen molar-refractivity contribution in [3.05, 3.63) is 33.6 Å². The van der Waals surface area contributed by atoms with Crippen molar-refractivity contribution in [1.82, 2.24) is 0 Å². The summed E-state index contributed by atoms with van der Waals surface area (Å²) in [7, 11) is -1.08. The Labute approximate surface area is 125 Å². The largest absolute Gasteiger partial charge is 0.288 e. The van der Waals surface area contributed by atoms with Gasteiger partial charge in [-0.25, -0.2) is 4.39 Å². The molecule has 0 saturated carbocycles. The van der Waals surface area contributed by atoms with Gasteiger partial charge in [-0.2, -0.15) is 16.2 Å². The maximum atomic E-state index is 14.2. The molecule has 0 saturated heterocycles. The molecular formula is C14H16FN3O2S. The van der Waals surface area contributed by atoms with E-state index in [0.29, 0.717) is 18.2 Å². The molecule has 7 heteroatoms. The van der Waals surface area contributed by atoms with Gasteiger partial charge in [-0.1, -0.05) is 13.8 Å². The van der Waals surface area contributed by atoms with Crippen molar-refractivity contribution in [2.24, 2.45) is 10.9 Å². The fourth-order valence-corrected chi connectivity index (χ4v) is 5.02. The normalized spacial score (nSPS) is 19.4. The number of aliphatic imine (C=N–C) groups is 1. The SMILES string of the molecule is CC(C)CC1=NCC[SH]1c1c(F)ccc([N+](=O)[O-])c1C#N. The minimum absolute atomic E-state index is 0.149. The predicted octanol–water partition coefficient (Wildman–Crippen LogP) is 3.42. The zero-order valence-electron chi connectivity index (χ0n) is 11.8. The van der Waals surface area contributed by atoms with Crippen molar-refractivity contribution < 1.29 is 9.31 Å². The van der Waals surface area contributed by atoms with Crippen molar-refractivity contribution in [3.8, 4) is 6.07 Å². The number of rotatable bonds is 4. The van der Waals surface area contributed by atoms with Gasteiger partial charge in [0, 0.05) is 18.4 Å². The summed E-state index contributed by atoms with van der Waals surface area (Å²) in [5.74, 6) is 0.491. The highest BCUT2D eigenvalue weighted by atomic mass is 32.2. The van der Waals surface area contributed by atoms with Crippen LogP contribution in [0.5, 0.6) is 0 Å². The van der Waals surface area contributed by atoms with Crippen LogP contribution in [0.2, 0.25) is 0 Å². The highest BCUT2D eigenvalue weighted by Crippen LogP contribution is 2.47. The third-order valence-corrected chi connectivity index (χ3v) is 5.78. The van der Waals surface area contributed by atoms with Gasteiger partial charge in [-0.05, 0) is 18.4 Å². The van der Waals surface area contributed by atoms with Crippen LogP contribution in [0.4, 0.5) is 10.1 Å². The number of halogens is 1. The first-order valence-corrected chi connectivity index (χ1v) is 8.16. The van der Waals surface area contributed by atoms with Crippen LogP contribution in [0.1, 0.15) is 25.8 Å². The van der Waals surface area contributed by atoms with Crippen LogP contribution in [-0.4, -0.2) is 22.3 Å². The number of nitrogens with zero attached hydrogens (tertiary/aromatic N) is 3. The van der Waals surface area contributed by atoms with Gasteiger partial charge in [-0.3, -0.25) is 15.1 Å². The molecule has 1 aliphatic heterocycles. The van der Waals surface area contributed by atoms with Crippen molar-refractivity contribution in [2.75, 3.05) is 12.3 Å². The van der Waals surface area contributed by atoms with Crippen LogP contribution in [0.15, 0.2) is 22.0 Å². The lowest BCUT2D eigenvalue weighted by molar-refractivity contribution is -0.385. The van der Waals surface area contributed by atoms with Crippen LogP contribution in [0, 0.1) is 33.2 Å². The second kappa shape index (κ2) is 6.22. The van der Waals surface area contributed by atoms with Gasteiger partial charge in [0.25, 0.3) is 5.69 Å². The first kappa shape index (κ1) is 15.4. The van der Waals surface area contributed by atoms with E-state index < -0.39 is 21.6 Å². The Morgan fingerprint density at radius 2 is 2.29 bits per heavy atom. The van der Waals surface area contributed by atoms with Gasteiger partial charge < -0.3 is 0 Å². The number of hydrogen-bond acceptors (Lipinski definition) is 4. The fraction of sp³-hybridized carbons (Fsp3) is 0.429. The first-order chi connectivity index (χ1) is 9.95. The average Bonchev–Trinajstić information content (AvgIpc) is 2.84. The number of nitro benzene ring substituents is 1. The third-order valence-electron chi connectivity index (χ3n) is 3.21. The molecule has 0 bridgehead atoms. The molecule has 1 aromatic carbocycles. The summed E-state index contributed by atoms with van der Waals surface area (Å²) in [5, 5.41) is 21.2. The Balaban J connectivity index is 2.53. The summed E-state index contributed by atoms with van der Waals surface area (Å²) in [6.45, 7) is 4.69. The lowest BCUT2D eigenvalue weighted by atomic mass is 10.1. The molecule has 0 aromatic heterocycles. The molecule has 21 heavy (non-hydrogen) atoms. The van der Waals surface area contributed by atoms with Crippen LogP contribution in [0.3, 0.4) is 0 Å². The van der Waals surface area contributed by atoms with E-state index in [2.05, 4.69) is 4.99 Å². The lowest BCUT2D eigenvalue weighted by Gasteiger charge is -2.21. The van der Waals surface area contributed by atoms with E-state index in [0.717, 1.165) is 23.6 Å². The zero-order valence-corrected chi connectivity index (χ0v) is 12.7. The summed E-state index contributed by atoms with van der Waals surface area (Å²) >= 11 is 0. The molecule has 2 rings (SSSR count). The Kier molecular flexibility index (Phi) is 4.58. The number of nitriles is 1. The van der Waals surface area contributed by atoms with E-state index in [1.165, 1.54) is 0 Å². The minimum atomic E-state index is -1.08. The molecule has 5 nitrogen and oxygen atoms in total. The number of hydrogen-bond donors (Lipinski definition) is 1. The summed E-state index contributed by atoms with van der Waals surface area (Å²) < 4.78 is 14.2. The fourth-order valence-electron chi connectivity index (χ4n) is 2.36. The molecule has 0 amide bonds. The van der Waals surface area contributed by atoms with E-state index in [1.54, 1.807) is 0 Å². The molecule has 112 valence electrons. The third kappa shape index (κ3) is 3.05. The van der Waals surface area contributed by atoms with E-state index in [1.807, 2.05) is 19.9 Å². The molecule has 0 radical (unpaired) electrons. The van der Waals surface area contributed by atoms with Crippen molar-refractivity contribution >= 4 is 21.6 Å². The molecule has 0 N–H and O–H groups in total. The molecule has 1 aliphatic rings. The first-order valence-electron chi connectivity index (χ1n) is 6.63. The standard InChI is InChI=1S/C14H16FN3O2S/c1-9(2)7-13-17-5-6-21(13)14-10(8-16)12(18(19)20)4-3-11(14)15/h3-4,9,21H,5-7H2,1-2H3. The highest BCUT2D eigenvalue weighted by Gasteiger charge is 2.29. The smallest absolute Gasteiger partial charge is 0.284 e. The van der Waals surface area contributed by atoms with Crippen LogP contribution < -0.4 is 0 Å². The van der Waals surface area contributed by atoms with E-state index in [9.17, 15) is 19.8 Å². The molecule has 1 unspecified atom stereocenters. The molecule has 0 fully saturated rings. The molecule has 1 heterocycles. The second-order valence-corrected chi connectivity index (χ2v) is 7.47. The lowest BCUT2D eigenvalue weighted by Crippen LogP contribution is -2.07. The van der Waals surface area contributed by atoms with Gasteiger partial charge in [0.05, 0.1) is 14.9 Å². The number of nitro groups is 1. The van der Waals surface area contributed by atoms with Crippen LogP contribution in [0.25, 0.3) is 0 Å². The van der Waals surface area contributed by atoms with E-state index in [-0.39, 0.29) is 16.1 Å². The van der Waals surface area contributed by atoms with Gasteiger partial charge in [0.1, 0.15) is 17.4 Å². The van der Waals surface area contributed by atoms with Gasteiger partial charge in [0.2, 0.25) is 0 Å². The van der Waals surface area contributed by atoms with Crippen molar-refractivity contribution in [3.63, 3.8) is 0 Å². The Morgan fingerprint density at radius 1 is 1.57 bits per heavy atom. The second-order valence-electron chi connectivity index (χ2n) is 5.21. The quantitative estimate of drug-likeness (QED) is 0.526. The topological polar surface area (TPSA) is 79.3 Å². The summed E-state index contributed by atoms with van der Waals surface area (Å²) in [6, 6.07) is 3.96. The van der Waals surface area contributed by atoms with Crippen molar-refractivity contribution in [2.45, 2.75) is 25.2 Å². The summed E-state index contributed by atoms with van der Waals surface area (Å²) in [4.78, 5) is 15.0. The summed E-state index contributed by atoms with van der Waals surface area (Å²) in [6.07, 6.45) is 0.735. The van der Waals surface area contributed by atoms with Crippen molar-refractivity contribution in [1.29, 1.82) is 5.26 Å². The van der Waals surface area contributed by atoms with Gasteiger partial charge >= 0.3 is 0 Å². The van der Waals surface area contributed by atoms with Crippen LogP contribution >= 0.6 is 10.9 Å². The number of benzene rings is 1. The minimum Gasteiger partial charge on any atom is -0.284 e. The van der Waals surface area contributed by atoms with Gasteiger partial charge in [-0.15, -0.1) is 0 Å². The van der Waals surface area contributed by atoms with Crippen LogP contribution in [-0.2, 0) is 0 Å². The molecule has 1 atom stereocenters. The Hall–Kier alpha value is -1.94. The maximum absolute atomic E-state index is 14.2. The van der Waals surface area contributed by atoms with E-state index in [4.69, 9.17) is 0 Å². The highest BCUT2D eigenvalue weighted by molar-refractivity contribution is 8.30. The average molecular weight is 309 g/mol. The van der Waals surface area contributed by atoms with Gasteiger partial charge in [0.15, 0.2) is 0 Å². The summed E-state index contributed by atoms with van der Waals surface area (Å²) in [5.41, 5.74) is -0.475. The molecule has 1 aromatic rings. The Bertz CT molecular complexity index is 652. The Morgan fingerprint density at radius 3 is 2.86 bits per heavy atom. The maximum Gasteiger partial charge on any atom is 0.288 e. The van der Waals surface area contributed by atoms with E-state index >= 15 is 0 Å². The zero-order chi connectivity index (χ0) is 15.6. The molecule has 0 aliphatic carbocycles. The molecular weight excluding hydrogens is 293 g/mol. The monoisotopic (exact) mass is 309 g/mol. The number of thiol groups is 1.